The molecule has 0 bridgehead atoms. The van der Waals surface area contributed by atoms with Gasteiger partial charge < -0.3 is 14.4 Å². The molecule has 2 saturated heterocycles. The van der Waals surface area contributed by atoms with E-state index in [1.807, 2.05) is 52.3 Å². The number of carbonyl (C=O) groups is 2. The Labute approximate surface area is 212 Å². The predicted octanol–water partition coefficient (Wildman–Crippen LogP) is 4.31. The first kappa shape index (κ1) is 21.8. The van der Waals surface area contributed by atoms with Crippen LogP contribution < -0.4 is 0 Å². The van der Waals surface area contributed by atoms with Crippen LogP contribution >= 0.6 is 0 Å². The summed E-state index contributed by atoms with van der Waals surface area (Å²) >= 11 is 0. The van der Waals surface area contributed by atoms with Crippen molar-refractivity contribution in [2.75, 3.05) is 26.2 Å². The van der Waals surface area contributed by atoms with Crippen LogP contribution in [-0.2, 0) is 11.3 Å². The molecule has 7 nitrogen and oxygen atoms in total. The Bertz CT molecular complexity index is 1670. The number of H-pyrrole nitrogens is 1. The summed E-state index contributed by atoms with van der Waals surface area (Å²) < 4.78 is 15.7. The zero-order chi connectivity index (χ0) is 25.1. The molecule has 1 spiro atoms. The molecule has 3 aromatic carbocycles. The van der Waals surface area contributed by atoms with E-state index in [1.54, 1.807) is 22.9 Å². The topological polar surface area (TPSA) is 74.2 Å². The minimum Gasteiger partial charge on any atom is -0.340 e. The Morgan fingerprint density at radius 1 is 0.865 bits per heavy atom. The first-order valence-corrected chi connectivity index (χ1v) is 12.3. The lowest BCUT2D eigenvalue weighted by Crippen LogP contribution is -2.73. The highest BCUT2D eigenvalue weighted by Crippen LogP contribution is 2.41. The molecule has 2 amide bonds. The molecule has 184 valence electrons. The highest BCUT2D eigenvalue weighted by molar-refractivity contribution is 6.05. The predicted molar refractivity (Wildman–Crippen MR) is 138 cm³/mol. The van der Waals surface area contributed by atoms with Crippen molar-refractivity contribution >= 4 is 33.6 Å². The molecule has 37 heavy (non-hydrogen) atoms. The summed E-state index contributed by atoms with van der Waals surface area (Å²) in [7, 11) is 0. The van der Waals surface area contributed by atoms with Gasteiger partial charge in [0, 0.05) is 48.6 Å². The van der Waals surface area contributed by atoms with E-state index in [9.17, 15) is 14.0 Å². The van der Waals surface area contributed by atoms with Crippen molar-refractivity contribution in [2.24, 2.45) is 5.41 Å². The van der Waals surface area contributed by atoms with Gasteiger partial charge in [0.1, 0.15) is 12.4 Å². The first-order valence-electron chi connectivity index (χ1n) is 12.3. The normalized spacial score (nSPS) is 16.2. The lowest BCUT2D eigenvalue weighted by Gasteiger charge is -2.60. The number of hydrogen-bond donors (Lipinski definition) is 1. The van der Waals surface area contributed by atoms with Crippen LogP contribution in [-0.4, -0.2) is 62.6 Å². The third-order valence-electron chi connectivity index (χ3n) is 7.68. The Morgan fingerprint density at radius 2 is 1.65 bits per heavy atom. The van der Waals surface area contributed by atoms with Crippen LogP contribution in [0.5, 0.6) is 0 Å². The number of halogens is 1. The quantitative estimate of drug-likeness (QED) is 0.406. The van der Waals surface area contributed by atoms with Gasteiger partial charge in [-0.05, 0) is 41.5 Å². The van der Waals surface area contributed by atoms with Crippen molar-refractivity contribution in [1.82, 2.24) is 24.6 Å². The van der Waals surface area contributed by atoms with E-state index >= 15 is 0 Å². The fourth-order valence-electron chi connectivity index (χ4n) is 5.76. The van der Waals surface area contributed by atoms with E-state index in [4.69, 9.17) is 0 Å². The zero-order valence-electron chi connectivity index (χ0n) is 20.0. The summed E-state index contributed by atoms with van der Waals surface area (Å²) in [6.07, 6.45) is 1.75. The summed E-state index contributed by atoms with van der Waals surface area (Å²) in [5.41, 5.74) is 4.11. The number of nitrogens with one attached hydrogen (secondary N) is 1. The number of aromatic nitrogens is 3. The summed E-state index contributed by atoms with van der Waals surface area (Å²) in [5, 5.41) is 8.67. The number of likely N-dealkylation sites (tertiary alicyclic amines) is 2. The molecule has 0 unspecified atom stereocenters. The second-order valence-electron chi connectivity index (χ2n) is 10.2. The van der Waals surface area contributed by atoms with Crippen LogP contribution in [0.25, 0.3) is 32.9 Å². The molecule has 2 aromatic heterocycles. The maximum absolute atomic E-state index is 14.0. The van der Waals surface area contributed by atoms with Crippen LogP contribution in [0.15, 0.2) is 79.0 Å². The number of fused-ring (bicyclic) bond motifs is 2. The SMILES string of the molecule is O=C(Cn1ccc2c(F)cccc21)N1CC2(C1)CN(C(=O)c1n[nH]c3cc(-c4ccccc4)ccc13)C2. The monoisotopic (exact) mass is 493 g/mol. The minimum absolute atomic E-state index is 0.00433. The second-order valence-corrected chi connectivity index (χ2v) is 10.2. The number of amides is 2. The molecule has 7 rings (SSSR count). The average molecular weight is 494 g/mol. The Hall–Kier alpha value is -4.46. The van der Waals surface area contributed by atoms with Crippen molar-refractivity contribution in [3.8, 4) is 11.1 Å². The van der Waals surface area contributed by atoms with Crippen molar-refractivity contribution in [3.05, 3.63) is 90.5 Å². The van der Waals surface area contributed by atoms with Crippen LogP contribution in [0, 0.1) is 11.2 Å². The lowest BCUT2D eigenvalue weighted by molar-refractivity contribution is -0.155. The number of hydrogen-bond acceptors (Lipinski definition) is 3. The number of rotatable bonds is 4. The van der Waals surface area contributed by atoms with E-state index in [2.05, 4.69) is 22.3 Å². The molecule has 2 fully saturated rings. The van der Waals surface area contributed by atoms with Gasteiger partial charge in [-0.25, -0.2) is 4.39 Å². The summed E-state index contributed by atoms with van der Waals surface area (Å²) in [6, 6.07) is 22.7. The molecule has 2 aliphatic rings. The summed E-state index contributed by atoms with van der Waals surface area (Å²) in [4.78, 5) is 29.7. The van der Waals surface area contributed by atoms with E-state index in [-0.39, 0.29) is 29.6 Å². The van der Waals surface area contributed by atoms with Gasteiger partial charge >= 0.3 is 0 Å². The fraction of sp³-hybridized carbons (Fsp3) is 0.207. The fourth-order valence-corrected chi connectivity index (χ4v) is 5.76. The number of carbonyl (C=O) groups excluding carboxylic acids is 2. The van der Waals surface area contributed by atoms with Gasteiger partial charge in [-0.3, -0.25) is 14.7 Å². The molecule has 5 aromatic rings. The number of aromatic amines is 1. The van der Waals surface area contributed by atoms with Crippen molar-refractivity contribution < 1.29 is 14.0 Å². The Kier molecular flexibility index (Phi) is 4.73. The molecule has 8 heteroatoms. The van der Waals surface area contributed by atoms with Crippen LogP contribution in [0.4, 0.5) is 4.39 Å². The number of benzene rings is 3. The van der Waals surface area contributed by atoms with Crippen molar-refractivity contribution in [3.63, 3.8) is 0 Å². The van der Waals surface area contributed by atoms with Crippen LogP contribution in [0.2, 0.25) is 0 Å². The largest absolute Gasteiger partial charge is 0.340 e. The Morgan fingerprint density at radius 3 is 2.46 bits per heavy atom. The van der Waals surface area contributed by atoms with E-state index in [0.29, 0.717) is 42.8 Å². The maximum atomic E-state index is 14.0. The van der Waals surface area contributed by atoms with Gasteiger partial charge in [0.05, 0.1) is 11.0 Å². The minimum atomic E-state index is -0.285. The molecule has 2 aliphatic heterocycles. The Balaban J connectivity index is 0.988. The van der Waals surface area contributed by atoms with Crippen LogP contribution in [0.3, 0.4) is 0 Å². The van der Waals surface area contributed by atoms with Gasteiger partial charge in [0.15, 0.2) is 5.69 Å². The van der Waals surface area contributed by atoms with Gasteiger partial charge in [-0.1, -0.05) is 42.5 Å². The maximum Gasteiger partial charge on any atom is 0.275 e. The second kappa shape index (κ2) is 8.03. The third-order valence-corrected chi connectivity index (χ3v) is 7.68. The van der Waals surface area contributed by atoms with Gasteiger partial charge in [0.25, 0.3) is 5.91 Å². The molecule has 4 heterocycles. The zero-order valence-corrected chi connectivity index (χ0v) is 20.0. The lowest BCUT2D eigenvalue weighted by atomic mass is 9.72. The van der Waals surface area contributed by atoms with Crippen LogP contribution in [0.1, 0.15) is 10.5 Å². The third kappa shape index (κ3) is 3.51. The molecular formula is C29H24FN5O2. The van der Waals surface area contributed by atoms with Crippen molar-refractivity contribution in [2.45, 2.75) is 6.54 Å². The molecule has 0 saturated carbocycles. The smallest absolute Gasteiger partial charge is 0.275 e. The first-order chi connectivity index (χ1) is 18.0. The van der Waals surface area contributed by atoms with Gasteiger partial charge in [0.2, 0.25) is 5.91 Å². The molecular weight excluding hydrogens is 469 g/mol. The van der Waals surface area contributed by atoms with Gasteiger partial charge in [-0.15, -0.1) is 0 Å². The highest BCUT2D eigenvalue weighted by atomic mass is 19.1. The average Bonchev–Trinajstić information content (AvgIpc) is 3.47. The van der Waals surface area contributed by atoms with E-state index in [0.717, 1.165) is 22.0 Å². The molecule has 0 radical (unpaired) electrons. The number of nitrogens with zero attached hydrogens (tertiary/aromatic N) is 4. The van der Waals surface area contributed by atoms with E-state index < -0.39 is 0 Å². The molecule has 0 aliphatic carbocycles. The standard InChI is InChI=1S/C29H24FN5O2/c30-23-7-4-8-25-21(23)11-12-33(25)14-26(36)34-15-29(16-34)17-35(18-29)28(37)27-22-10-9-20(13-24(22)31-32-27)19-5-2-1-3-6-19/h1-13H,14-18H2,(H,31,32). The van der Waals surface area contributed by atoms with Crippen molar-refractivity contribution in [1.29, 1.82) is 0 Å². The molecule has 0 atom stereocenters. The summed E-state index contributed by atoms with van der Waals surface area (Å²) in [5.74, 6) is -0.369. The van der Waals surface area contributed by atoms with Gasteiger partial charge in [-0.2, -0.15) is 5.10 Å². The summed E-state index contributed by atoms with van der Waals surface area (Å²) in [6.45, 7) is 2.67. The highest BCUT2D eigenvalue weighted by Gasteiger charge is 2.54. The molecule has 1 N–H and O–H groups in total. The van der Waals surface area contributed by atoms with E-state index in [1.165, 1.54) is 6.07 Å².